The average Bonchev–Trinajstić information content (AvgIpc) is 2.97. The van der Waals surface area contributed by atoms with Crippen LogP contribution in [0.3, 0.4) is 0 Å². The molecular weight excluding hydrogens is 274 g/mol. The number of fused-ring (bicyclic) bond motifs is 1. The number of thiophene rings is 1. The van der Waals surface area contributed by atoms with E-state index in [1.54, 1.807) is 11.3 Å². The second kappa shape index (κ2) is 4.63. The quantitative estimate of drug-likeness (QED) is 0.792. The van der Waals surface area contributed by atoms with Gasteiger partial charge in [-0.15, -0.1) is 11.3 Å². The van der Waals surface area contributed by atoms with Crippen molar-refractivity contribution in [2.75, 3.05) is 23.5 Å². The first-order valence-electron chi connectivity index (χ1n) is 5.47. The van der Waals surface area contributed by atoms with Gasteiger partial charge in [-0.3, -0.25) is 0 Å². The molecule has 0 aromatic carbocycles. The number of nitrogens with zero attached hydrogens (tertiary/aromatic N) is 3. The molecular formula is C11H12ClN3S2. The van der Waals surface area contributed by atoms with Crippen LogP contribution in [0.25, 0.3) is 10.2 Å². The molecule has 3 rings (SSSR count). The molecule has 2 aromatic heterocycles. The Hall–Kier alpha value is -0.520. The van der Waals surface area contributed by atoms with Gasteiger partial charge in [-0.2, -0.15) is 16.7 Å². The summed E-state index contributed by atoms with van der Waals surface area (Å²) in [6.07, 6.45) is 1.22. The van der Waals surface area contributed by atoms with Crippen LogP contribution in [-0.2, 0) is 0 Å². The van der Waals surface area contributed by atoms with Gasteiger partial charge in [0.2, 0.25) is 5.28 Å². The molecule has 0 radical (unpaired) electrons. The first-order valence-corrected chi connectivity index (χ1v) is 7.88. The molecule has 2 aromatic rings. The zero-order valence-electron chi connectivity index (χ0n) is 9.39. The number of hydrogen-bond acceptors (Lipinski definition) is 5. The van der Waals surface area contributed by atoms with Gasteiger partial charge in [-0.1, -0.05) is 0 Å². The second-order valence-corrected chi connectivity index (χ2v) is 6.47. The molecule has 0 saturated carbocycles. The van der Waals surface area contributed by atoms with Gasteiger partial charge < -0.3 is 4.90 Å². The normalized spacial score (nSPS) is 20.0. The van der Waals surface area contributed by atoms with Crippen LogP contribution >= 0.6 is 34.7 Å². The molecule has 1 aliphatic rings. The monoisotopic (exact) mass is 285 g/mol. The van der Waals surface area contributed by atoms with Crippen molar-refractivity contribution in [3.63, 3.8) is 0 Å². The molecule has 0 amide bonds. The number of anilines is 1. The molecule has 1 atom stereocenters. The first kappa shape index (κ1) is 11.6. The first-order chi connectivity index (χ1) is 8.25. The summed E-state index contributed by atoms with van der Waals surface area (Å²) in [6, 6.07) is 2.64. The van der Waals surface area contributed by atoms with Crippen LogP contribution in [0, 0.1) is 0 Å². The van der Waals surface area contributed by atoms with E-state index in [-0.39, 0.29) is 0 Å². The number of halogens is 1. The highest BCUT2D eigenvalue weighted by atomic mass is 35.5. The molecule has 0 bridgehead atoms. The molecule has 1 saturated heterocycles. The molecule has 6 heteroatoms. The van der Waals surface area contributed by atoms with E-state index in [0.29, 0.717) is 11.3 Å². The number of rotatable bonds is 2. The van der Waals surface area contributed by atoms with Crippen LogP contribution in [0.5, 0.6) is 0 Å². The Morgan fingerprint density at radius 2 is 2.35 bits per heavy atom. The summed E-state index contributed by atoms with van der Waals surface area (Å²) < 4.78 is 0. The highest BCUT2D eigenvalue weighted by Crippen LogP contribution is 2.32. The summed E-state index contributed by atoms with van der Waals surface area (Å²) in [4.78, 5) is 11.9. The van der Waals surface area contributed by atoms with Crippen molar-refractivity contribution in [1.82, 2.24) is 9.97 Å². The summed E-state index contributed by atoms with van der Waals surface area (Å²) in [5.74, 6) is 3.37. The molecule has 90 valence electrons. The Labute approximate surface area is 113 Å². The Morgan fingerprint density at radius 3 is 3.12 bits per heavy atom. The lowest BCUT2D eigenvalue weighted by Gasteiger charge is -2.25. The van der Waals surface area contributed by atoms with Gasteiger partial charge in [-0.05, 0) is 35.2 Å². The standard InChI is InChI=1S/C11H12ClN3S2/c1-15(7-2-4-16-6-7)9-8-3-5-17-10(8)14-11(12)13-9/h3,5,7H,2,4,6H2,1H3. The van der Waals surface area contributed by atoms with Crippen molar-refractivity contribution in [3.05, 3.63) is 16.7 Å². The third-order valence-electron chi connectivity index (χ3n) is 3.07. The predicted octanol–water partition coefficient (Wildman–Crippen LogP) is 3.29. The molecule has 1 unspecified atom stereocenters. The van der Waals surface area contributed by atoms with Crippen LogP contribution in [0.2, 0.25) is 5.28 Å². The topological polar surface area (TPSA) is 29.0 Å². The molecule has 1 aliphatic heterocycles. The molecule has 3 nitrogen and oxygen atoms in total. The van der Waals surface area contributed by atoms with Crippen LogP contribution in [0.1, 0.15) is 6.42 Å². The summed E-state index contributed by atoms with van der Waals surface area (Å²) in [7, 11) is 2.10. The molecule has 0 spiro atoms. The summed E-state index contributed by atoms with van der Waals surface area (Å²) >= 11 is 9.59. The van der Waals surface area contributed by atoms with Gasteiger partial charge in [0.1, 0.15) is 10.6 Å². The maximum absolute atomic E-state index is 5.98. The highest BCUT2D eigenvalue weighted by molar-refractivity contribution is 7.99. The molecule has 1 fully saturated rings. The summed E-state index contributed by atoms with van der Waals surface area (Å²) in [6.45, 7) is 0. The van der Waals surface area contributed by atoms with Gasteiger partial charge in [0.25, 0.3) is 0 Å². The van der Waals surface area contributed by atoms with Crippen molar-refractivity contribution in [1.29, 1.82) is 0 Å². The van der Waals surface area contributed by atoms with E-state index >= 15 is 0 Å². The van der Waals surface area contributed by atoms with E-state index in [9.17, 15) is 0 Å². The van der Waals surface area contributed by atoms with Gasteiger partial charge >= 0.3 is 0 Å². The summed E-state index contributed by atoms with van der Waals surface area (Å²) in [5, 5.41) is 3.49. The molecule has 0 N–H and O–H groups in total. The minimum absolute atomic E-state index is 0.340. The average molecular weight is 286 g/mol. The van der Waals surface area contributed by atoms with Crippen molar-refractivity contribution in [2.24, 2.45) is 0 Å². The largest absolute Gasteiger partial charge is 0.355 e. The Morgan fingerprint density at radius 1 is 1.47 bits per heavy atom. The zero-order chi connectivity index (χ0) is 11.8. The van der Waals surface area contributed by atoms with E-state index < -0.39 is 0 Å². The maximum atomic E-state index is 5.98. The lowest BCUT2D eigenvalue weighted by molar-refractivity contribution is 0.693. The van der Waals surface area contributed by atoms with E-state index in [2.05, 4.69) is 28.0 Å². The minimum atomic E-state index is 0.340. The maximum Gasteiger partial charge on any atom is 0.225 e. The van der Waals surface area contributed by atoms with E-state index in [1.807, 2.05) is 17.1 Å². The second-order valence-electron chi connectivity index (χ2n) is 4.08. The van der Waals surface area contributed by atoms with Gasteiger partial charge in [-0.25, -0.2) is 4.98 Å². The van der Waals surface area contributed by atoms with Crippen molar-refractivity contribution in [3.8, 4) is 0 Å². The van der Waals surface area contributed by atoms with E-state index in [0.717, 1.165) is 16.0 Å². The van der Waals surface area contributed by atoms with Crippen LogP contribution in [-0.4, -0.2) is 34.6 Å². The van der Waals surface area contributed by atoms with Crippen LogP contribution < -0.4 is 4.90 Å². The van der Waals surface area contributed by atoms with Crippen LogP contribution in [0.15, 0.2) is 11.4 Å². The Kier molecular flexibility index (Phi) is 3.15. The van der Waals surface area contributed by atoms with E-state index in [4.69, 9.17) is 11.6 Å². The fraction of sp³-hybridized carbons (Fsp3) is 0.455. The molecule has 17 heavy (non-hydrogen) atoms. The third-order valence-corrected chi connectivity index (χ3v) is 5.19. The molecule has 0 aliphatic carbocycles. The fourth-order valence-corrected chi connectivity index (χ4v) is 4.32. The van der Waals surface area contributed by atoms with Crippen molar-refractivity contribution in [2.45, 2.75) is 12.5 Å². The highest BCUT2D eigenvalue weighted by Gasteiger charge is 2.23. The van der Waals surface area contributed by atoms with Gasteiger partial charge in [0.05, 0.1) is 5.39 Å². The minimum Gasteiger partial charge on any atom is -0.355 e. The lowest BCUT2D eigenvalue weighted by Crippen LogP contribution is -2.32. The number of aromatic nitrogens is 2. The zero-order valence-corrected chi connectivity index (χ0v) is 11.8. The predicted molar refractivity (Wildman–Crippen MR) is 76.6 cm³/mol. The number of thioether (sulfide) groups is 1. The van der Waals surface area contributed by atoms with E-state index in [1.165, 1.54) is 17.9 Å². The van der Waals surface area contributed by atoms with Gasteiger partial charge in [0.15, 0.2) is 0 Å². The number of hydrogen-bond donors (Lipinski definition) is 0. The third kappa shape index (κ3) is 2.11. The summed E-state index contributed by atoms with van der Waals surface area (Å²) in [5.41, 5.74) is 0. The van der Waals surface area contributed by atoms with Crippen LogP contribution in [0.4, 0.5) is 5.82 Å². The SMILES string of the molecule is CN(c1nc(Cl)nc2sccc12)C1CCSC1. The van der Waals surface area contributed by atoms with Gasteiger partial charge in [0, 0.05) is 18.8 Å². The smallest absolute Gasteiger partial charge is 0.225 e. The molecule has 3 heterocycles. The van der Waals surface area contributed by atoms with Crippen molar-refractivity contribution >= 4 is 50.7 Å². The lowest BCUT2D eigenvalue weighted by atomic mass is 10.2. The fourth-order valence-electron chi connectivity index (χ4n) is 2.08. The Balaban J connectivity index is 2.05. The van der Waals surface area contributed by atoms with Crippen molar-refractivity contribution < 1.29 is 0 Å². The Bertz CT molecular complexity index is 536.